The number of aromatic nitrogens is 1. The molecule has 1 aromatic carbocycles. The second-order valence-corrected chi connectivity index (χ2v) is 5.47. The summed E-state index contributed by atoms with van der Waals surface area (Å²) in [7, 11) is 0. The lowest BCUT2D eigenvalue weighted by Crippen LogP contribution is -2.08. The average Bonchev–Trinajstić information content (AvgIpc) is 2.88. The third-order valence-corrected chi connectivity index (χ3v) is 3.65. The Kier molecular flexibility index (Phi) is 5.83. The zero-order valence-electron chi connectivity index (χ0n) is 12.1. The number of fused-ring (bicyclic) bond motifs is 1. The molecule has 0 unspecified atom stereocenters. The lowest BCUT2D eigenvalue weighted by molar-refractivity contribution is -0.144. The van der Waals surface area contributed by atoms with Crippen LogP contribution < -0.4 is 0 Å². The van der Waals surface area contributed by atoms with Gasteiger partial charge in [0.1, 0.15) is 0 Å². The number of carboxylic acid groups (broad SMARTS) is 1. The number of benzene rings is 1. The van der Waals surface area contributed by atoms with E-state index in [-0.39, 0.29) is 18.8 Å². The predicted octanol–water partition coefficient (Wildman–Crippen LogP) is 3.55. The van der Waals surface area contributed by atoms with Crippen molar-refractivity contribution in [1.29, 1.82) is 0 Å². The first-order valence-electron chi connectivity index (χ1n) is 7.20. The van der Waals surface area contributed by atoms with Gasteiger partial charge in [-0.25, -0.2) is 0 Å². The van der Waals surface area contributed by atoms with Gasteiger partial charge in [-0.15, -0.1) is 0 Å². The Labute approximate surface area is 133 Å². The summed E-state index contributed by atoms with van der Waals surface area (Å²) in [4.78, 5) is 25.1. The van der Waals surface area contributed by atoms with Crippen LogP contribution in [0.25, 0.3) is 10.9 Å². The summed E-state index contributed by atoms with van der Waals surface area (Å²) < 4.78 is 5.14. The van der Waals surface area contributed by atoms with Crippen LogP contribution in [-0.4, -0.2) is 28.6 Å². The molecular formula is C16H18ClNO4. The smallest absolute Gasteiger partial charge is 0.305 e. The number of hydrogen-bond donors (Lipinski definition) is 2. The number of aliphatic carboxylic acids is 1. The Balaban J connectivity index is 1.72. The number of unbranched alkanes of at least 4 members (excludes halogenated alkanes) is 1. The van der Waals surface area contributed by atoms with Crippen LogP contribution in [0.3, 0.4) is 0 Å². The van der Waals surface area contributed by atoms with Crippen LogP contribution in [0, 0.1) is 0 Å². The van der Waals surface area contributed by atoms with Crippen molar-refractivity contribution in [2.75, 3.05) is 6.61 Å². The van der Waals surface area contributed by atoms with Crippen LogP contribution >= 0.6 is 11.6 Å². The van der Waals surface area contributed by atoms with Crippen LogP contribution in [0.4, 0.5) is 0 Å². The van der Waals surface area contributed by atoms with Crippen molar-refractivity contribution < 1.29 is 19.4 Å². The number of rotatable bonds is 8. The van der Waals surface area contributed by atoms with Gasteiger partial charge in [0.15, 0.2) is 0 Å². The van der Waals surface area contributed by atoms with Crippen molar-refractivity contribution in [2.24, 2.45) is 0 Å². The van der Waals surface area contributed by atoms with E-state index in [0.717, 1.165) is 16.6 Å². The van der Waals surface area contributed by atoms with E-state index in [4.69, 9.17) is 21.4 Å². The molecule has 6 heteroatoms. The maximum absolute atomic E-state index is 11.5. The minimum atomic E-state index is -0.842. The maximum atomic E-state index is 11.5. The van der Waals surface area contributed by atoms with Crippen LogP contribution in [0.5, 0.6) is 0 Å². The number of ether oxygens (including phenoxy) is 1. The standard InChI is InChI=1S/C16H18ClNO4/c17-13-4-3-5-14-12(13)10-11(18-14)8-9-22-16(21)7-2-1-6-15(19)20/h3-5,10,18H,1-2,6-9H2,(H,19,20). The zero-order valence-corrected chi connectivity index (χ0v) is 12.9. The summed E-state index contributed by atoms with van der Waals surface area (Å²) in [6.45, 7) is 0.294. The largest absolute Gasteiger partial charge is 0.481 e. The molecule has 0 fully saturated rings. The van der Waals surface area contributed by atoms with Gasteiger partial charge in [-0.05, 0) is 31.0 Å². The molecule has 0 radical (unpaired) electrons. The predicted molar refractivity (Wildman–Crippen MR) is 84.1 cm³/mol. The second-order valence-electron chi connectivity index (χ2n) is 5.07. The highest BCUT2D eigenvalue weighted by Crippen LogP contribution is 2.24. The SMILES string of the molecule is O=C(O)CCCCC(=O)OCCc1cc2c(Cl)cccc2[nH]1. The van der Waals surface area contributed by atoms with Gasteiger partial charge in [0.2, 0.25) is 0 Å². The van der Waals surface area contributed by atoms with Gasteiger partial charge < -0.3 is 14.8 Å². The number of carbonyl (C=O) groups is 2. The normalized spacial score (nSPS) is 10.8. The van der Waals surface area contributed by atoms with Crippen LogP contribution in [0.15, 0.2) is 24.3 Å². The van der Waals surface area contributed by atoms with E-state index in [0.29, 0.717) is 30.9 Å². The van der Waals surface area contributed by atoms with Gasteiger partial charge in [0.25, 0.3) is 0 Å². The number of carbonyl (C=O) groups excluding carboxylic acids is 1. The summed E-state index contributed by atoms with van der Waals surface area (Å²) in [6, 6.07) is 7.61. The molecule has 0 aliphatic carbocycles. The molecule has 1 aromatic heterocycles. The number of hydrogen-bond acceptors (Lipinski definition) is 3. The van der Waals surface area contributed by atoms with E-state index >= 15 is 0 Å². The zero-order chi connectivity index (χ0) is 15.9. The van der Waals surface area contributed by atoms with Gasteiger partial charge in [-0.3, -0.25) is 9.59 Å². The number of halogens is 1. The Morgan fingerprint density at radius 2 is 2.00 bits per heavy atom. The van der Waals surface area contributed by atoms with Crippen molar-refractivity contribution in [2.45, 2.75) is 32.1 Å². The van der Waals surface area contributed by atoms with E-state index in [1.165, 1.54) is 0 Å². The molecule has 1 heterocycles. The van der Waals surface area contributed by atoms with Gasteiger partial charge in [0, 0.05) is 40.9 Å². The molecular weight excluding hydrogens is 306 g/mol. The third-order valence-electron chi connectivity index (χ3n) is 3.32. The third kappa shape index (κ3) is 4.77. The van der Waals surface area contributed by atoms with E-state index in [1.807, 2.05) is 24.3 Å². The Morgan fingerprint density at radius 3 is 2.73 bits per heavy atom. The lowest BCUT2D eigenvalue weighted by atomic mass is 10.2. The van der Waals surface area contributed by atoms with E-state index in [9.17, 15) is 9.59 Å². The number of aromatic amines is 1. The fraction of sp³-hybridized carbons (Fsp3) is 0.375. The van der Waals surface area contributed by atoms with Crippen molar-refractivity contribution in [3.8, 4) is 0 Å². The summed E-state index contributed by atoms with van der Waals surface area (Å²) in [5.74, 6) is -1.13. The molecule has 2 N–H and O–H groups in total. The Bertz CT molecular complexity index is 665. The summed E-state index contributed by atoms with van der Waals surface area (Å²) in [6.07, 6.45) is 1.96. The highest BCUT2D eigenvalue weighted by molar-refractivity contribution is 6.35. The molecule has 0 saturated carbocycles. The van der Waals surface area contributed by atoms with E-state index in [2.05, 4.69) is 4.98 Å². The lowest BCUT2D eigenvalue weighted by Gasteiger charge is -2.03. The molecule has 2 rings (SSSR count). The first-order chi connectivity index (χ1) is 10.6. The highest BCUT2D eigenvalue weighted by Gasteiger charge is 2.07. The number of carboxylic acids is 1. The topological polar surface area (TPSA) is 79.4 Å². The van der Waals surface area contributed by atoms with Crippen LogP contribution in [0.2, 0.25) is 5.02 Å². The maximum Gasteiger partial charge on any atom is 0.305 e. The number of H-pyrrole nitrogens is 1. The summed E-state index contributed by atoms with van der Waals surface area (Å²) in [5, 5.41) is 10.1. The van der Waals surface area contributed by atoms with Crippen molar-refractivity contribution in [3.63, 3.8) is 0 Å². The fourth-order valence-corrected chi connectivity index (χ4v) is 2.43. The summed E-state index contributed by atoms with van der Waals surface area (Å²) in [5.41, 5.74) is 1.92. The Morgan fingerprint density at radius 1 is 1.23 bits per heavy atom. The first kappa shape index (κ1) is 16.4. The van der Waals surface area contributed by atoms with Crippen molar-refractivity contribution in [1.82, 2.24) is 4.98 Å². The fourth-order valence-electron chi connectivity index (χ4n) is 2.20. The second kappa shape index (κ2) is 7.84. The molecule has 118 valence electrons. The van der Waals surface area contributed by atoms with Gasteiger partial charge >= 0.3 is 11.9 Å². The number of nitrogens with one attached hydrogen (secondary N) is 1. The minimum absolute atomic E-state index is 0.0864. The molecule has 0 saturated heterocycles. The Hall–Kier alpha value is -2.01. The van der Waals surface area contributed by atoms with Gasteiger partial charge in [0.05, 0.1) is 6.61 Å². The van der Waals surface area contributed by atoms with E-state index in [1.54, 1.807) is 0 Å². The molecule has 0 amide bonds. The molecule has 22 heavy (non-hydrogen) atoms. The first-order valence-corrected chi connectivity index (χ1v) is 7.57. The highest BCUT2D eigenvalue weighted by atomic mass is 35.5. The average molecular weight is 324 g/mol. The molecule has 0 atom stereocenters. The quantitative estimate of drug-likeness (QED) is 0.575. The molecule has 2 aromatic rings. The van der Waals surface area contributed by atoms with Gasteiger partial charge in [-0.2, -0.15) is 0 Å². The molecule has 0 spiro atoms. The molecule has 0 aliphatic rings. The van der Waals surface area contributed by atoms with Crippen LogP contribution in [0.1, 0.15) is 31.4 Å². The van der Waals surface area contributed by atoms with Crippen LogP contribution in [-0.2, 0) is 20.7 Å². The van der Waals surface area contributed by atoms with E-state index < -0.39 is 5.97 Å². The molecule has 0 aliphatic heterocycles. The van der Waals surface area contributed by atoms with Gasteiger partial charge in [-0.1, -0.05) is 17.7 Å². The summed E-state index contributed by atoms with van der Waals surface area (Å²) >= 11 is 6.10. The molecule has 0 bridgehead atoms. The van der Waals surface area contributed by atoms with Crippen molar-refractivity contribution >= 4 is 34.4 Å². The molecule has 5 nitrogen and oxygen atoms in total. The number of esters is 1. The minimum Gasteiger partial charge on any atom is -0.481 e. The monoisotopic (exact) mass is 323 g/mol. The van der Waals surface area contributed by atoms with Crippen molar-refractivity contribution in [3.05, 3.63) is 35.0 Å².